The molecule has 0 radical (unpaired) electrons. The molecule has 20 heavy (non-hydrogen) atoms. The fourth-order valence-electron chi connectivity index (χ4n) is 2.17. The average molecular weight is 305 g/mol. The van der Waals surface area contributed by atoms with E-state index >= 15 is 0 Å². The molecule has 1 unspecified atom stereocenters. The summed E-state index contributed by atoms with van der Waals surface area (Å²) >= 11 is 0. The van der Waals surface area contributed by atoms with Crippen molar-refractivity contribution in [2.45, 2.75) is 25.4 Å². The van der Waals surface area contributed by atoms with Gasteiger partial charge >= 0.3 is 0 Å². The van der Waals surface area contributed by atoms with Crippen molar-refractivity contribution in [2.75, 3.05) is 38.5 Å². The van der Waals surface area contributed by atoms with E-state index in [0.717, 1.165) is 19.4 Å². The molecule has 1 saturated carbocycles. The number of nitrogens with one attached hydrogen (secondary N) is 3. The number of rotatable bonds is 7. The van der Waals surface area contributed by atoms with E-state index in [1.807, 2.05) is 0 Å². The summed E-state index contributed by atoms with van der Waals surface area (Å²) < 4.78 is 31.3. The van der Waals surface area contributed by atoms with E-state index in [1.165, 1.54) is 6.42 Å². The molecule has 1 saturated heterocycles. The van der Waals surface area contributed by atoms with E-state index in [0.29, 0.717) is 25.6 Å². The Morgan fingerprint density at radius 1 is 1.35 bits per heavy atom. The molecule has 0 aromatic rings. The van der Waals surface area contributed by atoms with E-state index < -0.39 is 16.1 Å². The van der Waals surface area contributed by atoms with E-state index in [1.54, 1.807) is 0 Å². The standard InChI is InChI=1S/C12H23N3O4S/c16-12(11-9-13-4-6-19-11)14-5-7-20(17,18)15-8-10-2-1-3-10/h10-11,13,15H,1-9H2,(H,14,16). The van der Waals surface area contributed by atoms with Crippen LogP contribution >= 0.6 is 0 Å². The van der Waals surface area contributed by atoms with Gasteiger partial charge < -0.3 is 15.4 Å². The van der Waals surface area contributed by atoms with Gasteiger partial charge in [0.2, 0.25) is 15.9 Å². The highest BCUT2D eigenvalue weighted by molar-refractivity contribution is 7.89. The highest BCUT2D eigenvalue weighted by Gasteiger charge is 2.23. The van der Waals surface area contributed by atoms with Crippen molar-refractivity contribution in [1.82, 2.24) is 15.4 Å². The molecule has 116 valence electrons. The minimum atomic E-state index is -3.30. The number of morpholine rings is 1. The van der Waals surface area contributed by atoms with E-state index in [2.05, 4.69) is 15.4 Å². The molecule has 1 amide bonds. The third kappa shape index (κ3) is 5.01. The number of ether oxygens (including phenoxy) is 1. The molecule has 1 heterocycles. The number of amides is 1. The van der Waals surface area contributed by atoms with Crippen molar-refractivity contribution in [3.8, 4) is 0 Å². The molecule has 0 bridgehead atoms. The summed E-state index contributed by atoms with van der Waals surface area (Å²) in [4.78, 5) is 11.7. The first-order valence-corrected chi connectivity index (χ1v) is 8.79. The fraction of sp³-hybridized carbons (Fsp3) is 0.917. The lowest BCUT2D eigenvalue weighted by atomic mass is 9.86. The van der Waals surface area contributed by atoms with Crippen molar-refractivity contribution < 1.29 is 17.9 Å². The Morgan fingerprint density at radius 2 is 2.15 bits per heavy atom. The summed E-state index contributed by atoms with van der Waals surface area (Å²) in [6.45, 7) is 2.34. The third-order valence-electron chi connectivity index (χ3n) is 3.71. The molecule has 0 aromatic carbocycles. The van der Waals surface area contributed by atoms with Crippen molar-refractivity contribution in [1.29, 1.82) is 0 Å². The summed E-state index contributed by atoms with van der Waals surface area (Å²) in [6.07, 6.45) is 2.88. The van der Waals surface area contributed by atoms with Gasteiger partial charge in [-0.05, 0) is 18.8 Å². The van der Waals surface area contributed by atoms with Gasteiger partial charge in [-0.15, -0.1) is 0 Å². The predicted molar refractivity (Wildman–Crippen MR) is 74.7 cm³/mol. The van der Waals surface area contributed by atoms with Crippen LogP contribution in [0.25, 0.3) is 0 Å². The predicted octanol–water partition coefficient (Wildman–Crippen LogP) is -1.19. The second-order valence-electron chi connectivity index (χ2n) is 5.32. The van der Waals surface area contributed by atoms with Crippen LogP contribution in [0, 0.1) is 5.92 Å². The van der Waals surface area contributed by atoms with Crippen molar-refractivity contribution >= 4 is 15.9 Å². The lowest BCUT2D eigenvalue weighted by Gasteiger charge is -2.25. The zero-order valence-electron chi connectivity index (χ0n) is 11.6. The monoisotopic (exact) mass is 305 g/mol. The number of hydrogen-bond donors (Lipinski definition) is 3. The van der Waals surface area contributed by atoms with Gasteiger partial charge in [-0.1, -0.05) is 6.42 Å². The normalized spacial score (nSPS) is 24.1. The van der Waals surface area contributed by atoms with Gasteiger partial charge in [0.1, 0.15) is 6.10 Å². The molecule has 1 aliphatic heterocycles. The second-order valence-corrected chi connectivity index (χ2v) is 7.25. The Morgan fingerprint density at radius 3 is 2.75 bits per heavy atom. The second kappa shape index (κ2) is 7.35. The molecule has 1 aliphatic carbocycles. The summed E-state index contributed by atoms with van der Waals surface area (Å²) in [5.41, 5.74) is 0. The first kappa shape index (κ1) is 15.7. The molecule has 3 N–H and O–H groups in total. The summed E-state index contributed by atoms with van der Waals surface area (Å²) in [6, 6.07) is 0. The molecular weight excluding hydrogens is 282 g/mol. The van der Waals surface area contributed by atoms with Crippen LogP contribution in [0.1, 0.15) is 19.3 Å². The van der Waals surface area contributed by atoms with E-state index in [4.69, 9.17) is 4.74 Å². The van der Waals surface area contributed by atoms with Crippen LogP contribution in [0.3, 0.4) is 0 Å². The van der Waals surface area contributed by atoms with Crippen LogP contribution in [0.15, 0.2) is 0 Å². The average Bonchev–Trinajstić information content (AvgIpc) is 2.37. The molecule has 2 fully saturated rings. The highest BCUT2D eigenvalue weighted by Crippen LogP contribution is 2.25. The summed E-state index contributed by atoms with van der Waals surface area (Å²) in [7, 11) is -3.30. The van der Waals surface area contributed by atoms with Crippen LogP contribution in [0.5, 0.6) is 0 Å². The van der Waals surface area contributed by atoms with Gasteiger partial charge in [-0.3, -0.25) is 4.79 Å². The SMILES string of the molecule is O=C(NCCS(=O)(=O)NCC1CCC1)C1CNCCO1. The third-order valence-corrected chi connectivity index (χ3v) is 5.05. The molecule has 7 nitrogen and oxygen atoms in total. The molecule has 2 rings (SSSR count). The molecule has 8 heteroatoms. The quantitative estimate of drug-likeness (QED) is 0.550. The number of carbonyl (C=O) groups is 1. The zero-order chi connectivity index (χ0) is 14.4. The van der Waals surface area contributed by atoms with Crippen LogP contribution in [-0.2, 0) is 19.6 Å². The van der Waals surface area contributed by atoms with Gasteiger partial charge in [0.25, 0.3) is 0 Å². The lowest BCUT2D eigenvalue weighted by molar-refractivity contribution is -0.134. The first-order chi connectivity index (χ1) is 9.57. The Balaban J connectivity index is 1.61. The minimum Gasteiger partial charge on any atom is -0.366 e. The Labute approximate surface area is 119 Å². The molecule has 2 aliphatic rings. The molecule has 0 spiro atoms. The van der Waals surface area contributed by atoms with Crippen LogP contribution in [0.4, 0.5) is 0 Å². The number of hydrogen-bond acceptors (Lipinski definition) is 5. The Hall–Kier alpha value is -0.700. The van der Waals surface area contributed by atoms with Gasteiger partial charge in [-0.2, -0.15) is 0 Å². The van der Waals surface area contributed by atoms with Gasteiger partial charge in [0.15, 0.2) is 0 Å². The maximum Gasteiger partial charge on any atom is 0.250 e. The topological polar surface area (TPSA) is 96.5 Å². The van der Waals surface area contributed by atoms with Crippen LogP contribution in [-0.4, -0.2) is 59.0 Å². The largest absolute Gasteiger partial charge is 0.366 e. The molecule has 1 atom stereocenters. The van der Waals surface area contributed by atoms with E-state index in [9.17, 15) is 13.2 Å². The number of carbonyl (C=O) groups excluding carboxylic acids is 1. The zero-order valence-corrected chi connectivity index (χ0v) is 12.4. The fourth-order valence-corrected chi connectivity index (χ4v) is 3.17. The smallest absolute Gasteiger partial charge is 0.250 e. The first-order valence-electron chi connectivity index (χ1n) is 7.14. The maximum absolute atomic E-state index is 11.7. The highest BCUT2D eigenvalue weighted by atomic mass is 32.2. The van der Waals surface area contributed by atoms with Gasteiger partial charge in [-0.25, -0.2) is 13.1 Å². The Bertz CT molecular complexity index is 416. The lowest BCUT2D eigenvalue weighted by Crippen LogP contribution is -2.49. The van der Waals surface area contributed by atoms with Crippen molar-refractivity contribution in [3.05, 3.63) is 0 Å². The van der Waals surface area contributed by atoms with Crippen molar-refractivity contribution in [2.24, 2.45) is 5.92 Å². The summed E-state index contributed by atoms with van der Waals surface area (Å²) in [5.74, 6) is 0.137. The minimum absolute atomic E-state index is 0.0917. The summed E-state index contributed by atoms with van der Waals surface area (Å²) in [5, 5.41) is 5.65. The van der Waals surface area contributed by atoms with E-state index in [-0.39, 0.29) is 18.2 Å². The Kier molecular flexibility index (Phi) is 5.76. The van der Waals surface area contributed by atoms with Crippen LogP contribution < -0.4 is 15.4 Å². The molecule has 0 aromatic heterocycles. The van der Waals surface area contributed by atoms with Gasteiger partial charge in [0.05, 0.1) is 12.4 Å². The molecular formula is C12H23N3O4S. The van der Waals surface area contributed by atoms with Gasteiger partial charge in [0, 0.05) is 26.2 Å². The maximum atomic E-state index is 11.7. The van der Waals surface area contributed by atoms with Crippen molar-refractivity contribution in [3.63, 3.8) is 0 Å². The number of sulfonamides is 1. The van der Waals surface area contributed by atoms with Crippen LogP contribution in [0.2, 0.25) is 0 Å².